The van der Waals surface area contributed by atoms with Gasteiger partial charge in [-0.15, -0.1) is 0 Å². The number of nitro groups is 1. The molecule has 1 fully saturated rings. The third kappa shape index (κ3) is 2.75. The van der Waals surface area contributed by atoms with Crippen LogP contribution in [0.3, 0.4) is 0 Å². The molecule has 0 amide bonds. The maximum atomic E-state index is 11.4. The molecule has 0 spiro atoms. The van der Waals surface area contributed by atoms with E-state index in [2.05, 4.69) is 4.98 Å². The lowest BCUT2D eigenvalue weighted by Gasteiger charge is -2.17. The second-order valence-corrected chi connectivity index (χ2v) is 5.39. The lowest BCUT2D eigenvalue weighted by Crippen LogP contribution is -2.18. The van der Waals surface area contributed by atoms with Crippen molar-refractivity contribution < 1.29 is 19.2 Å². The van der Waals surface area contributed by atoms with Gasteiger partial charge in [0.25, 0.3) is 5.69 Å². The van der Waals surface area contributed by atoms with Crippen LogP contribution in [-0.2, 0) is 0 Å². The number of carbonyl (C=O) groups is 1. The summed E-state index contributed by atoms with van der Waals surface area (Å²) < 4.78 is 5.22. The van der Waals surface area contributed by atoms with Crippen LogP contribution in [0, 0.1) is 17.0 Å². The van der Waals surface area contributed by atoms with Gasteiger partial charge in [0.15, 0.2) is 0 Å². The fourth-order valence-electron chi connectivity index (χ4n) is 2.75. The second kappa shape index (κ2) is 5.71. The zero-order chi connectivity index (χ0) is 16.6. The van der Waals surface area contributed by atoms with Gasteiger partial charge in [-0.1, -0.05) is 0 Å². The van der Waals surface area contributed by atoms with E-state index in [9.17, 15) is 14.9 Å². The van der Waals surface area contributed by atoms with E-state index < -0.39 is 10.9 Å². The first-order valence-electron chi connectivity index (χ1n) is 7.22. The van der Waals surface area contributed by atoms with Gasteiger partial charge >= 0.3 is 5.97 Å². The molecule has 3 rings (SSSR count). The highest BCUT2D eigenvalue weighted by molar-refractivity contribution is 5.86. The van der Waals surface area contributed by atoms with Crippen molar-refractivity contribution in [2.45, 2.75) is 19.8 Å². The SMILES string of the molecule is Cc1nc(-c2ccc(N3CCCC3)c([N+](=O)[O-])c2)oc1C(=O)O. The molecule has 1 aliphatic rings. The molecule has 0 saturated carbocycles. The van der Waals surface area contributed by atoms with Crippen molar-refractivity contribution in [3.8, 4) is 11.5 Å². The van der Waals surface area contributed by atoms with E-state index in [4.69, 9.17) is 9.52 Å². The summed E-state index contributed by atoms with van der Waals surface area (Å²) in [4.78, 5) is 28.0. The van der Waals surface area contributed by atoms with Crippen LogP contribution in [0.1, 0.15) is 29.1 Å². The molecule has 23 heavy (non-hydrogen) atoms. The lowest BCUT2D eigenvalue weighted by atomic mass is 10.1. The third-order valence-electron chi connectivity index (χ3n) is 3.86. The quantitative estimate of drug-likeness (QED) is 0.682. The van der Waals surface area contributed by atoms with Crippen LogP contribution in [0.2, 0.25) is 0 Å². The molecule has 8 heteroatoms. The van der Waals surface area contributed by atoms with Crippen molar-refractivity contribution in [2.24, 2.45) is 0 Å². The first-order chi connectivity index (χ1) is 11.0. The maximum Gasteiger partial charge on any atom is 0.373 e. The number of hydrogen-bond acceptors (Lipinski definition) is 6. The fraction of sp³-hybridized carbons (Fsp3) is 0.333. The minimum absolute atomic E-state index is 0.0304. The molecule has 0 atom stereocenters. The molecule has 2 heterocycles. The average Bonchev–Trinajstić information content (AvgIpc) is 3.15. The number of benzene rings is 1. The molecule has 8 nitrogen and oxygen atoms in total. The van der Waals surface area contributed by atoms with Crippen LogP contribution in [0.4, 0.5) is 11.4 Å². The standard InChI is InChI=1S/C15H15N3O5/c1-9-13(15(19)20)23-14(16-9)10-4-5-11(12(8-10)18(21)22)17-6-2-3-7-17/h4-5,8H,2-3,6-7H2,1H3,(H,19,20). The van der Waals surface area contributed by atoms with Crippen molar-refractivity contribution in [1.82, 2.24) is 4.98 Å². The number of aromatic nitrogens is 1. The minimum Gasteiger partial charge on any atom is -0.475 e. The molecule has 0 bridgehead atoms. The summed E-state index contributed by atoms with van der Waals surface area (Å²) in [5.74, 6) is -1.41. The van der Waals surface area contributed by atoms with Gasteiger partial charge in [0.1, 0.15) is 5.69 Å². The molecule has 1 aromatic heterocycles. The molecule has 0 unspecified atom stereocenters. The normalized spacial score (nSPS) is 14.2. The summed E-state index contributed by atoms with van der Waals surface area (Å²) in [6.07, 6.45) is 2.03. The number of aryl methyl sites for hydroxylation is 1. The zero-order valence-electron chi connectivity index (χ0n) is 12.5. The summed E-state index contributed by atoms with van der Waals surface area (Å²) in [7, 11) is 0. The number of hydrogen-bond donors (Lipinski definition) is 1. The second-order valence-electron chi connectivity index (χ2n) is 5.39. The summed E-state index contributed by atoms with van der Waals surface area (Å²) >= 11 is 0. The summed E-state index contributed by atoms with van der Waals surface area (Å²) in [6, 6.07) is 4.71. The van der Waals surface area contributed by atoms with E-state index in [0.29, 0.717) is 11.3 Å². The summed E-state index contributed by atoms with van der Waals surface area (Å²) in [5.41, 5.74) is 1.16. The Morgan fingerprint density at radius 1 is 1.39 bits per heavy atom. The van der Waals surface area contributed by atoms with E-state index in [-0.39, 0.29) is 23.0 Å². The Balaban J connectivity index is 2.04. The summed E-state index contributed by atoms with van der Waals surface area (Å²) in [5, 5.41) is 20.4. The molecule has 0 radical (unpaired) electrons. The Bertz CT molecular complexity index is 777. The smallest absolute Gasteiger partial charge is 0.373 e. The van der Waals surface area contributed by atoms with E-state index in [1.807, 2.05) is 4.90 Å². The van der Waals surface area contributed by atoms with E-state index in [0.717, 1.165) is 25.9 Å². The Hall–Kier alpha value is -2.90. The number of oxazole rings is 1. The number of carboxylic acids is 1. The minimum atomic E-state index is -1.22. The van der Waals surface area contributed by atoms with Crippen LogP contribution in [0.25, 0.3) is 11.5 Å². The van der Waals surface area contributed by atoms with Crippen molar-refractivity contribution in [3.05, 3.63) is 39.8 Å². The van der Waals surface area contributed by atoms with Crippen LogP contribution in [0.5, 0.6) is 0 Å². The lowest BCUT2D eigenvalue weighted by molar-refractivity contribution is -0.384. The van der Waals surface area contributed by atoms with Crippen molar-refractivity contribution in [2.75, 3.05) is 18.0 Å². The highest BCUT2D eigenvalue weighted by Gasteiger charge is 2.24. The largest absolute Gasteiger partial charge is 0.475 e. The van der Waals surface area contributed by atoms with Crippen LogP contribution in [0.15, 0.2) is 22.6 Å². The van der Waals surface area contributed by atoms with E-state index >= 15 is 0 Å². The molecule has 1 saturated heterocycles. The molecule has 2 aromatic rings. The molecule has 120 valence electrons. The molecule has 1 aliphatic heterocycles. The van der Waals surface area contributed by atoms with Crippen molar-refractivity contribution in [1.29, 1.82) is 0 Å². The molecule has 1 aromatic carbocycles. The van der Waals surface area contributed by atoms with Gasteiger partial charge in [-0.3, -0.25) is 10.1 Å². The first kappa shape index (κ1) is 15.0. The number of nitro benzene ring substituents is 1. The molecular weight excluding hydrogens is 302 g/mol. The Labute approximate surface area is 131 Å². The number of rotatable bonds is 4. The topological polar surface area (TPSA) is 110 Å². The van der Waals surface area contributed by atoms with Gasteiger partial charge in [0, 0.05) is 24.7 Å². The predicted octanol–water partition coefficient (Wildman–Crippen LogP) is 2.86. The van der Waals surface area contributed by atoms with Crippen LogP contribution >= 0.6 is 0 Å². The molecular formula is C15H15N3O5. The maximum absolute atomic E-state index is 11.4. The van der Waals surface area contributed by atoms with Gasteiger partial charge in [0.2, 0.25) is 11.7 Å². The van der Waals surface area contributed by atoms with Crippen LogP contribution < -0.4 is 4.90 Å². The van der Waals surface area contributed by atoms with Gasteiger partial charge in [-0.2, -0.15) is 0 Å². The Morgan fingerprint density at radius 2 is 2.09 bits per heavy atom. The zero-order valence-corrected chi connectivity index (χ0v) is 12.5. The monoisotopic (exact) mass is 317 g/mol. The Kier molecular flexibility index (Phi) is 3.73. The number of aromatic carboxylic acids is 1. The molecule has 1 N–H and O–H groups in total. The van der Waals surface area contributed by atoms with Gasteiger partial charge < -0.3 is 14.4 Å². The highest BCUT2D eigenvalue weighted by atomic mass is 16.6. The van der Waals surface area contributed by atoms with Gasteiger partial charge in [-0.05, 0) is 31.9 Å². The van der Waals surface area contributed by atoms with Gasteiger partial charge in [-0.25, -0.2) is 9.78 Å². The van der Waals surface area contributed by atoms with E-state index in [1.54, 1.807) is 12.1 Å². The fourth-order valence-corrected chi connectivity index (χ4v) is 2.75. The highest BCUT2D eigenvalue weighted by Crippen LogP contribution is 2.35. The number of nitrogens with zero attached hydrogens (tertiary/aromatic N) is 3. The number of carboxylic acid groups (broad SMARTS) is 1. The Morgan fingerprint density at radius 3 is 2.65 bits per heavy atom. The average molecular weight is 317 g/mol. The number of anilines is 1. The van der Waals surface area contributed by atoms with Crippen molar-refractivity contribution in [3.63, 3.8) is 0 Å². The summed E-state index contributed by atoms with van der Waals surface area (Å²) in [6.45, 7) is 3.10. The predicted molar refractivity (Wildman–Crippen MR) is 81.7 cm³/mol. The first-order valence-corrected chi connectivity index (χ1v) is 7.22. The van der Waals surface area contributed by atoms with Crippen LogP contribution in [-0.4, -0.2) is 34.1 Å². The third-order valence-corrected chi connectivity index (χ3v) is 3.86. The molecule has 0 aliphatic carbocycles. The van der Waals surface area contributed by atoms with Gasteiger partial charge in [0.05, 0.1) is 10.6 Å². The van der Waals surface area contributed by atoms with Crippen molar-refractivity contribution >= 4 is 17.3 Å². The van der Waals surface area contributed by atoms with E-state index in [1.165, 1.54) is 13.0 Å².